The molecular formula is C12H11NO2S. The monoisotopic (exact) mass is 233 g/mol. The molecule has 0 amide bonds. The van der Waals surface area contributed by atoms with Gasteiger partial charge in [0.25, 0.3) is 5.56 Å². The second-order valence-electron chi connectivity index (χ2n) is 3.37. The summed E-state index contributed by atoms with van der Waals surface area (Å²) >= 11 is 0. The van der Waals surface area contributed by atoms with Gasteiger partial charge in [-0.05, 0) is 11.6 Å². The first-order chi connectivity index (χ1) is 7.70. The van der Waals surface area contributed by atoms with E-state index in [-0.39, 0.29) is 5.56 Å². The van der Waals surface area contributed by atoms with Crippen LogP contribution in [0.4, 0.5) is 0 Å². The highest BCUT2D eigenvalue weighted by Gasteiger charge is 2.11. The predicted octanol–water partition coefficient (Wildman–Crippen LogP) is 1.78. The molecule has 4 heteroatoms. The lowest BCUT2D eigenvalue weighted by Gasteiger charge is -2.05. The third-order valence-corrected chi connectivity index (χ3v) is 3.25. The van der Waals surface area contributed by atoms with Crippen LogP contribution in [0.2, 0.25) is 0 Å². The summed E-state index contributed by atoms with van der Waals surface area (Å²) in [6.07, 6.45) is 3.09. The van der Waals surface area contributed by atoms with E-state index < -0.39 is 10.8 Å². The van der Waals surface area contributed by atoms with Gasteiger partial charge in [0.1, 0.15) is 0 Å². The molecule has 1 aromatic heterocycles. The molecular weight excluding hydrogens is 222 g/mol. The zero-order valence-corrected chi connectivity index (χ0v) is 9.58. The molecule has 1 atom stereocenters. The average molecular weight is 233 g/mol. The largest absolute Gasteiger partial charge is 0.329 e. The Balaban J connectivity index is 2.74. The Morgan fingerprint density at radius 2 is 1.81 bits per heavy atom. The van der Waals surface area contributed by atoms with Crippen molar-refractivity contribution in [1.82, 2.24) is 4.98 Å². The summed E-state index contributed by atoms with van der Waals surface area (Å²) in [6, 6.07) is 10.9. The van der Waals surface area contributed by atoms with E-state index in [4.69, 9.17) is 0 Å². The summed E-state index contributed by atoms with van der Waals surface area (Å²) in [5.74, 6) is 0. The van der Waals surface area contributed by atoms with Crippen LogP contribution in [0.3, 0.4) is 0 Å². The van der Waals surface area contributed by atoms with E-state index in [1.54, 1.807) is 12.3 Å². The van der Waals surface area contributed by atoms with Gasteiger partial charge in [0.05, 0.1) is 21.3 Å². The van der Waals surface area contributed by atoms with Crippen molar-refractivity contribution in [2.24, 2.45) is 0 Å². The van der Waals surface area contributed by atoms with Crippen LogP contribution in [0, 0.1) is 0 Å². The van der Waals surface area contributed by atoms with Crippen LogP contribution in [-0.4, -0.2) is 15.4 Å². The van der Waals surface area contributed by atoms with Gasteiger partial charge in [-0.1, -0.05) is 30.3 Å². The van der Waals surface area contributed by atoms with Gasteiger partial charge in [-0.25, -0.2) is 0 Å². The molecule has 0 saturated carbocycles. The molecule has 0 bridgehead atoms. The van der Waals surface area contributed by atoms with E-state index >= 15 is 0 Å². The topological polar surface area (TPSA) is 49.9 Å². The molecule has 82 valence electrons. The third-order valence-electron chi connectivity index (χ3n) is 2.29. The Kier molecular flexibility index (Phi) is 3.01. The van der Waals surface area contributed by atoms with E-state index in [0.717, 1.165) is 5.56 Å². The first-order valence-electron chi connectivity index (χ1n) is 4.80. The van der Waals surface area contributed by atoms with Crippen LogP contribution in [0.25, 0.3) is 11.1 Å². The van der Waals surface area contributed by atoms with Crippen LogP contribution in [0.15, 0.2) is 52.3 Å². The van der Waals surface area contributed by atoms with E-state index in [2.05, 4.69) is 4.98 Å². The fourth-order valence-corrected chi connectivity index (χ4v) is 2.34. The number of hydrogen-bond acceptors (Lipinski definition) is 2. The summed E-state index contributed by atoms with van der Waals surface area (Å²) in [5.41, 5.74) is 1.07. The van der Waals surface area contributed by atoms with Gasteiger partial charge >= 0.3 is 0 Å². The first-order valence-corrected chi connectivity index (χ1v) is 6.36. The summed E-state index contributed by atoms with van der Waals surface area (Å²) in [6.45, 7) is 0. The van der Waals surface area contributed by atoms with Crippen LogP contribution in [0.5, 0.6) is 0 Å². The molecule has 0 saturated heterocycles. The molecule has 0 aliphatic carbocycles. The van der Waals surface area contributed by atoms with Gasteiger partial charge in [-0.2, -0.15) is 0 Å². The highest BCUT2D eigenvalue weighted by atomic mass is 32.2. The Morgan fingerprint density at radius 1 is 1.12 bits per heavy atom. The lowest BCUT2D eigenvalue weighted by molar-refractivity contribution is 0.687. The standard InChI is InChI=1S/C12H11NO2S/c1-16(15)10-7-8-13-12(14)11(10)9-5-3-2-4-6-9/h2-8H,1H3,(H,13,14). The number of hydrogen-bond donors (Lipinski definition) is 1. The quantitative estimate of drug-likeness (QED) is 0.859. The molecule has 1 heterocycles. The molecule has 16 heavy (non-hydrogen) atoms. The second-order valence-corrected chi connectivity index (χ2v) is 4.71. The molecule has 2 aromatic rings. The molecule has 0 aliphatic heterocycles. The summed E-state index contributed by atoms with van der Waals surface area (Å²) in [7, 11) is -1.17. The van der Waals surface area contributed by atoms with E-state index in [9.17, 15) is 9.00 Å². The molecule has 2 rings (SSSR count). The number of benzene rings is 1. The molecule has 3 nitrogen and oxygen atoms in total. The minimum Gasteiger partial charge on any atom is -0.329 e. The van der Waals surface area contributed by atoms with Gasteiger partial charge in [-0.3, -0.25) is 9.00 Å². The minimum atomic E-state index is -1.17. The fourth-order valence-electron chi connectivity index (χ4n) is 1.58. The van der Waals surface area contributed by atoms with Crippen molar-refractivity contribution in [3.63, 3.8) is 0 Å². The first kappa shape index (κ1) is 10.8. The lowest BCUT2D eigenvalue weighted by Crippen LogP contribution is -2.11. The van der Waals surface area contributed by atoms with E-state index in [1.165, 1.54) is 6.20 Å². The maximum Gasteiger partial charge on any atom is 0.257 e. The highest BCUT2D eigenvalue weighted by molar-refractivity contribution is 7.84. The zero-order chi connectivity index (χ0) is 11.5. The van der Waals surface area contributed by atoms with Crippen molar-refractivity contribution in [2.45, 2.75) is 4.90 Å². The van der Waals surface area contributed by atoms with Crippen molar-refractivity contribution in [1.29, 1.82) is 0 Å². The smallest absolute Gasteiger partial charge is 0.257 e. The Labute approximate surface area is 95.6 Å². The Hall–Kier alpha value is -1.68. The Morgan fingerprint density at radius 3 is 2.44 bits per heavy atom. The number of nitrogens with one attached hydrogen (secondary N) is 1. The summed E-state index contributed by atoms with van der Waals surface area (Å²) in [5, 5.41) is 0. The number of rotatable bonds is 2. The average Bonchev–Trinajstić information content (AvgIpc) is 2.29. The zero-order valence-electron chi connectivity index (χ0n) is 8.77. The number of aromatic amines is 1. The van der Waals surface area contributed by atoms with E-state index in [0.29, 0.717) is 10.5 Å². The maximum absolute atomic E-state index is 11.8. The van der Waals surface area contributed by atoms with Crippen molar-refractivity contribution >= 4 is 10.8 Å². The summed E-state index contributed by atoms with van der Waals surface area (Å²) in [4.78, 5) is 14.9. The molecule has 0 fully saturated rings. The number of pyridine rings is 1. The Bertz CT molecular complexity index is 575. The number of H-pyrrole nitrogens is 1. The van der Waals surface area contributed by atoms with Crippen molar-refractivity contribution in [3.05, 3.63) is 52.9 Å². The fraction of sp³-hybridized carbons (Fsp3) is 0.0833. The van der Waals surface area contributed by atoms with Gasteiger partial charge in [0, 0.05) is 12.5 Å². The van der Waals surface area contributed by atoms with Crippen LogP contribution >= 0.6 is 0 Å². The lowest BCUT2D eigenvalue weighted by atomic mass is 10.1. The highest BCUT2D eigenvalue weighted by Crippen LogP contribution is 2.20. The SMILES string of the molecule is CS(=O)c1cc[nH]c(=O)c1-c1ccccc1. The number of aromatic nitrogens is 1. The van der Waals surface area contributed by atoms with Crippen molar-refractivity contribution in [3.8, 4) is 11.1 Å². The van der Waals surface area contributed by atoms with Gasteiger partial charge in [0.15, 0.2) is 0 Å². The molecule has 1 N–H and O–H groups in total. The molecule has 0 aliphatic rings. The van der Waals surface area contributed by atoms with Gasteiger partial charge in [0.2, 0.25) is 0 Å². The third kappa shape index (κ3) is 1.97. The predicted molar refractivity (Wildman–Crippen MR) is 64.8 cm³/mol. The van der Waals surface area contributed by atoms with Crippen LogP contribution < -0.4 is 5.56 Å². The minimum absolute atomic E-state index is 0.209. The van der Waals surface area contributed by atoms with Crippen LogP contribution in [0.1, 0.15) is 0 Å². The maximum atomic E-state index is 11.8. The summed E-state index contributed by atoms with van der Waals surface area (Å²) < 4.78 is 11.6. The second kappa shape index (κ2) is 4.45. The van der Waals surface area contributed by atoms with Crippen molar-refractivity contribution in [2.75, 3.05) is 6.26 Å². The molecule has 1 unspecified atom stereocenters. The van der Waals surface area contributed by atoms with Gasteiger partial charge in [-0.15, -0.1) is 0 Å². The van der Waals surface area contributed by atoms with Crippen molar-refractivity contribution < 1.29 is 4.21 Å². The van der Waals surface area contributed by atoms with E-state index in [1.807, 2.05) is 30.3 Å². The molecule has 0 spiro atoms. The van der Waals surface area contributed by atoms with Gasteiger partial charge < -0.3 is 4.98 Å². The molecule has 0 radical (unpaired) electrons. The van der Waals surface area contributed by atoms with Crippen LogP contribution in [-0.2, 0) is 10.8 Å². The molecule has 1 aromatic carbocycles. The normalized spacial score (nSPS) is 12.3.